The molecule has 2 aromatic rings. The summed E-state index contributed by atoms with van der Waals surface area (Å²) in [5, 5.41) is 0.424. The molecule has 134 valence electrons. The Balaban J connectivity index is 1.68. The van der Waals surface area contributed by atoms with E-state index in [9.17, 15) is 9.59 Å². The Morgan fingerprint density at radius 2 is 1.92 bits per heavy atom. The highest BCUT2D eigenvalue weighted by molar-refractivity contribution is 6.30. The summed E-state index contributed by atoms with van der Waals surface area (Å²) in [6.45, 7) is 1.54. The van der Waals surface area contributed by atoms with Gasteiger partial charge in [-0.25, -0.2) is 4.98 Å². The molecule has 2 aliphatic rings. The molecule has 0 radical (unpaired) electrons. The van der Waals surface area contributed by atoms with Crippen LogP contribution in [0, 0.1) is 0 Å². The van der Waals surface area contributed by atoms with Crippen LogP contribution in [0.4, 0.5) is 5.69 Å². The van der Waals surface area contributed by atoms with Gasteiger partial charge < -0.3 is 4.90 Å². The molecule has 1 unspecified atom stereocenters. The lowest BCUT2D eigenvalue weighted by atomic mass is 10.1. The van der Waals surface area contributed by atoms with Crippen molar-refractivity contribution >= 4 is 29.1 Å². The Bertz CT molecular complexity index is 853. The number of carbonyl (C=O) groups excluding carboxylic acids is 2. The maximum Gasteiger partial charge on any atom is 0.279 e. The van der Waals surface area contributed by atoms with E-state index in [1.807, 2.05) is 4.90 Å². The zero-order chi connectivity index (χ0) is 18.1. The van der Waals surface area contributed by atoms with E-state index in [0.717, 1.165) is 32.4 Å². The lowest BCUT2D eigenvalue weighted by Crippen LogP contribution is -2.38. The normalized spacial score (nSPS) is 19.6. The number of pyridine rings is 1. The molecule has 0 saturated carbocycles. The Morgan fingerprint density at radius 1 is 1.15 bits per heavy atom. The SMILES string of the molecule is O=C(CC1c2nccnc2C(=O)N1c1cncc(Cl)c1)N1CCCCC1. The van der Waals surface area contributed by atoms with Crippen LogP contribution in [0.3, 0.4) is 0 Å². The number of rotatable bonds is 3. The van der Waals surface area contributed by atoms with Crippen LogP contribution in [0.5, 0.6) is 0 Å². The average Bonchev–Trinajstić information content (AvgIpc) is 2.95. The van der Waals surface area contributed by atoms with Crippen molar-refractivity contribution in [2.45, 2.75) is 31.7 Å². The molecule has 0 aliphatic carbocycles. The zero-order valence-corrected chi connectivity index (χ0v) is 14.9. The third-order valence-corrected chi connectivity index (χ3v) is 5.03. The largest absolute Gasteiger partial charge is 0.343 e. The summed E-state index contributed by atoms with van der Waals surface area (Å²) in [6, 6.07) is 1.16. The number of halogens is 1. The summed E-state index contributed by atoms with van der Waals surface area (Å²) in [5.41, 5.74) is 1.35. The highest BCUT2D eigenvalue weighted by atomic mass is 35.5. The van der Waals surface area contributed by atoms with Gasteiger partial charge in [-0.2, -0.15) is 0 Å². The minimum absolute atomic E-state index is 0.0287. The summed E-state index contributed by atoms with van der Waals surface area (Å²) < 4.78 is 0. The first kappa shape index (κ1) is 16.9. The molecule has 0 spiro atoms. The van der Waals surface area contributed by atoms with Gasteiger partial charge in [0.15, 0.2) is 5.69 Å². The first-order chi connectivity index (χ1) is 12.6. The molecule has 7 nitrogen and oxygen atoms in total. The van der Waals surface area contributed by atoms with Crippen LogP contribution in [0.25, 0.3) is 0 Å². The first-order valence-electron chi connectivity index (χ1n) is 8.68. The van der Waals surface area contributed by atoms with Gasteiger partial charge in [0.05, 0.1) is 35.1 Å². The number of carbonyl (C=O) groups is 2. The molecule has 2 amide bonds. The maximum absolute atomic E-state index is 12.9. The van der Waals surface area contributed by atoms with Crippen LogP contribution in [-0.4, -0.2) is 44.8 Å². The Morgan fingerprint density at radius 3 is 2.69 bits per heavy atom. The average molecular weight is 372 g/mol. The van der Waals surface area contributed by atoms with Gasteiger partial charge in [0.25, 0.3) is 5.91 Å². The van der Waals surface area contributed by atoms with Crippen molar-refractivity contribution in [1.29, 1.82) is 0 Å². The number of aromatic nitrogens is 3. The number of fused-ring (bicyclic) bond motifs is 1. The van der Waals surface area contributed by atoms with Gasteiger partial charge in [-0.15, -0.1) is 0 Å². The fraction of sp³-hybridized carbons (Fsp3) is 0.389. The van der Waals surface area contributed by atoms with E-state index in [0.29, 0.717) is 16.4 Å². The van der Waals surface area contributed by atoms with Gasteiger partial charge in [0.1, 0.15) is 0 Å². The van der Waals surface area contributed by atoms with E-state index >= 15 is 0 Å². The smallest absolute Gasteiger partial charge is 0.279 e. The zero-order valence-electron chi connectivity index (χ0n) is 14.1. The predicted octanol–water partition coefficient (Wildman–Crippen LogP) is 2.63. The van der Waals surface area contributed by atoms with Crippen molar-refractivity contribution in [3.63, 3.8) is 0 Å². The van der Waals surface area contributed by atoms with Crippen molar-refractivity contribution < 1.29 is 9.59 Å². The standard InChI is InChI=1S/C18H18ClN5O2/c19-12-8-13(11-20-10-12)24-14(9-15(25)23-6-2-1-3-7-23)16-17(18(24)26)22-5-4-21-16/h4-5,8,10-11,14H,1-3,6-7,9H2. The number of piperidine rings is 1. The molecule has 2 aliphatic heterocycles. The van der Waals surface area contributed by atoms with Gasteiger partial charge in [-0.1, -0.05) is 11.6 Å². The van der Waals surface area contributed by atoms with Gasteiger partial charge in [0, 0.05) is 31.7 Å². The minimum atomic E-state index is -0.499. The molecular weight excluding hydrogens is 354 g/mol. The summed E-state index contributed by atoms with van der Waals surface area (Å²) in [6.07, 6.45) is 9.47. The second-order valence-electron chi connectivity index (χ2n) is 6.49. The van der Waals surface area contributed by atoms with E-state index in [4.69, 9.17) is 11.6 Å². The van der Waals surface area contributed by atoms with Crippen LogP contribution in [0.1, 0.15) is 47.9 Å². The van der Waals surface area contributed by atoms with Gasteiger partial charge in [0.2, 0.25) is 5.91 Å². The first-order valence-corrected chi connectivity index (χ1v) is 9.06. The van der Waals surface area contributed by atoms with Crippen LogP contribution >= 0.6 is 11.6 Å². The van der Waals surface area contributed by atoms with Crippen molar-refractivity contribution in [1.82, 2.24) is 19.9 Å². The monoisotopic (exact) mass is 371 g/mol. The Kier molecular flexibility index (Phi) is 4.55. The fourth-order valence-electron chi connectivity index (χ4n) is 3.59. The predicted molar refractivity (Wildman–Crippen MR) is 95.9 cm³/mol. The van der Waals surface area contributed by atoms with Crippen molar-refractivity contribution in [2.24, 2.45) is 0 Å². The molecule has 0 N–H and O–H groups in total. The van der Waals surface area contributed by atoms with Gasteiger partial charge in [-0.05, 0) is 25.3 Å². The number of hydrogen-bond acceptors (Lipinski definition) is 5. The van der Waals surface area contributed by atoms with Gasteiger partial charge in [-0.3, -0.25) is 24.5 Å². The third kappa shape index (κ3) is 3.03. The molecule has 0 aromatic carbocycles. The molecule has 1 saturated heterocycles. The molecule has 1 atom stereocenters. The van der Waals surface area contributed by atoms with Crippen molar-refractivity contribution in [2.75, 3.05) is 18.0 Å². The molecular formula is C18H18ClN5O2. The topological polar surface area (TPSA) is 79.3 Å². The van der Waals surface area contributed by atoms with Crippen LogP contribution in [0.15, 0.2) is 30.9 Å². The highest BCUT2D eigenvalue weighted by Gasteiger charge is 2.42. The lowest BCUT2D eigenvalue weighted by molar-refractivity contribution is -0.132. The van der Waals surface area contributed by atoms with E-state index in [-0.39, 0.29) is 23.9 Å². The second-order valence-corrected chi connectivity index (χ2v) is 6.92. The van der Waals surface area contributed by atoms with Crippen LogP contribution in [0.2, 0.25) is 5.02 Å². The third-order valence-electron chi connectivity index (χ3n) is 4.82. The molecule has 1 fully saturated rings. The number of nitrogens with zero attached hydrogens (tertiary/aromatic N) is 5. The minimum Gasteiger partial charge on any atom is -0.343 e. The Hall–Kier alpha value is -2.54. The molecule has 0 bridgehead atoms. The van der Waals surface area contributed by atoms with Crippen LogP contribution < -0.4 is 4.90 Å². The summed E-state index contributed by atoms with van der Waals surface area (Å²) in [4.78, 5) is 41.7. The number of hydrogen-bond donors (Lipinski definition) is 0. The number of likely N-dealkylation sites (tertiary alicyclic amines) is 1. The second kappa shape index (κ2) is 6.99. The molecule has 8 heteroatoms. The molecule has 26 heavy (non-hydrogen) atoms. The molecule has 4 rings (SSSR count). The summed E-state index contributed by atoms with van der Waals surface area (Å²) >= 11 is 6.05. The van der Waals surface area contributed by atoms with Gasteiger partial charge >= 0.3 is 0 Å². The van der Waals surface area contributed by atoms with E-state index in [2.05, 4.69) is 15.0 Å². The van der Waals surface area contributed by atoms with E-state index in [1.165, 1.54) is 17.3 Å². The number of amides is 2. The summed E-state index contributed by atoms with van der Waals surface area (Å²) in [7, 11) is 0. The van der Waals surface area contributed by atoms with Crippen LogP contribution in [-0.2, 0) is 4.79 Å². The quantitative estimate of drug-likeness (QED) is 0.828. The number of anilines is 1. The Labute approximate surface area is 156 Å². The highest BCUT2D eigenvalue weighted by Crippen LogP contribution is 2.38. The molecule has 2 aromatic heterocycles. The van der Waals surface area contributed by atoms with Crippen molar-refractivity contribution in [3.8, 4) is 0 Å². The maximum atomic E-state index is 12.9. The lowest BCUT2D eigenvalue weighted by Gasteiger charge is -2.30. The fourth-order valence-corrected chi connectivity index (χ4v) is 3.76. The van der Waals surface area contributed by atoms with Crippen molar-refractivity contribution in [3.05, 3.63) is 47.3 Å². The molecule has 4 heterocycles. The summed E-state index contributed by atoms with van der Waals surface area (Å²) in [5.74, 6) is -0.255. The van der Waals surface area contributed by atoms with E-state index < -0.39 is 6.04 Å². The van der Waals surface area contributed by atoms with E-state index in [1.54, 1.807) is 18.5 Å².